The zero-order valence-electron chi connectivity index (χ0n) is 11.7. The van der Waals surface area contributed by atoms with Crippen molar-refractivity contribution in [1.29, 1.82) is 0 Å². The van der Waals surface area contributed by atoms with E-state index in [9.17, 15) is 0 Å². The Balaban J connectivity index is 2.71. The third kappa shape index (κ3) is 4.73. The Morgan fingerprint density at radius 1 is 1.24 bits per heavy atom. The van der Waals surface area contributed by atoms with E-state index in [2.05, 4.69) is 55.0 Å². The minimum absolute atomic E-state index is 0.553. The van der Waals surface area contributed by atoms with Crippen LogP contribution in [0.5, 0.6) is 0 Å². The predicted octanol–water partition coefficient (Wildman–Crippen LogP) is 2.99. The van der Waals surface area contributed by atoms with Crippen LogP contribution in [0.15, 0.2) is 18.2 Å². The molecule has 0 aliphatic rings. The molecule has 0 saturated heterocycles. The molecule has 96 valence electrons. The average Bonchev–Trinajstić information content (AvgIpc) is 2.27. The Morgan fingerprint density at radius 3 is 2.47 bits per heavy atom. The highest BCUT2D eigenvalue weighted by Crippen LogP contribution is 2.11. The van der Waals surface area contributed by atoms with Gasteiger partial charge in [-0.15, -0.1) is 0 Å². The molecule has 0 radical (unpaired) electrons. The second kappa shape index (κ2) is 6.60. The van der Waals surface area contributed by atoms with Crippen LogP contribution in [0.3, 0.4) is 0 Å². The van der Waals surface area contributed by atoms with Crippen LogP contribution in [-0.2, 0) is 6.54 Å². The third-order valence-electron chi connectivity index (χ3n) is 2.76. The first-order chi connectivity index (χ1) is 8.02. The van der Waals surface area contributed by atoms with E-state index in [1.165, 1.54) is 0 Å². The van der Waals surface area contributed by atoms with E-state index in [0.29, 0.717) is 12.0 Å². The number of nitrogens with one attached hydrogen (secondary N) is 1. The van der Waals surface area contributed by atoms with Gasteiger partial charge in [-0.2, -0.15) is 0 Å². The fourth-order valence-corrected chi connectivity index (χ4v) is 1.84. The van der Waals surface area contributed by atoms with E-state index in [-0.39, 0.29) is 0 Å². The summed E-state index contributed by atoms with van der Waals surface area (Å²) in [6, 6.07) is 6.70. The van der Waals surface area contributed by atoms with Gasteiger partial charge in [0.05, 0.1) is 5.69 Å². The number of aromatic nitrogens is 1. The summed E-state index contributed by atoms with van der Waals surface area (Å²) in [5, 5.41) is 3.08. The number of hydrogen-bond donors (Lipinski definition) is 1. The second-order valence-electron chi connectivity index (χ2n) is 5.18. The van der Waals surface area contributed by atoms with Crippen LogP contribution in [0.4, 0.5) is 5.82 Å². The van der Waals surface area contributed by atoms with Crippen molar-refractivity contribution in [2.75, 3.05) is 18.9 Å². The largest absolute Gasteiger partial charge is 0.373 e. The predicted molar refractivity (Wildman–Crippen MR) is 74.2 cm³/mol. The second-order valence-corrected chi connectivity index (χ2v) is 5.18. The van der Waals surface area contributed by atoms with Crippen LogP contribution in [0.1, 0.15) is 33.4 Å². The van der Waals surface area contributed by atoms with E-state index in [1.807, 2.05) is 13.1 Å². The minimum atomic E-state index is 0.553. The maximum absolute atomic E-state index is 4.57. The van der Waals surface area contributed by atoms with Crippen molar-refractivity contribution in [2.45, 2.75) is 40.3 Å². The molecule has 0 aromatic carbocycles. The number of anilines is 1. The molecule has 1 rings (SSSR count). The molecule has 0 saturated carbocycles. The standard InChI is InChI=1S/C14H25N3/c1-11(2)9-17(12(3)4)10-13-7-6-8-14(15-5)16-13/h6-8,11-12H,9-10H2,1-5H3,(H,15,16). The lowest BCUT2D eigenvalue weighted by Gasteiger charge is -2.27. The highest BCUT2D eigenvalue weighted by molar-refractivity contribution is 5.34. The molecule has 3 nitrogen and oxygen atoms in total. The summed E-state index contributed by atoms with van der Waals surface area (Å²) in [7, 11) is 1.90. The van der Waals surface area contributed by atoms with Gasteiger partial charge in [-0.3, -0.25) is 4.90 Å². The summed E-state index contributed by atoms with van der Waals surface area (Å²) in [6.45, 7) is 11.0. The number of pyridine rings is 1. The molecule has 0 spiro atoms. The fourth-order valence-electron chi connectivity index (χ4n) is 1.84. The molecular weight excluding hydrogens is 210 g/mol. The van der Waals surface area contributed by atoms with E-state index < -0.39 is 0 Å². The van der Waals surface area contributed by atoms with Gasteiger partial charge < -0.3 is 5.32 Å². The SMILES string of the molecule is CNc1cccc(CN(CC(C)C)C(C)C)n1. The van der Waals surface area contributed by atoms with E-state index in [1.54, 1.807) is 0 Å². The maximum Gasteiger partial charge on any atom is 0.126 e. The lowest BCUT2D eigenvalue weighted by molar-refractivity contribution is 0.187. The van der Waals surface area contributed by atoms with Gasteiger partial charge in [0.1, 0.15) is 5.82 Å². The minimum Gasteiger partial charge on any atom is -0.373 e. The van der Waals surface area contributed by atoms with Crippen molar-refractivity contribution in [3.63, 3.8) is 0 Å². The third-order valence-corrected chi connectivity index (χ3v) is 2.76. The summed E-state index contributed by atoms with van der Waals surface area (Å²) in [4.78, 5) is 7.03. The molecule has 0 fully saturated rings. The summed E-state index contributed by atoms with van der Waals surface area (Å²) in [6.07, 6.45) is 0. The van der Waals surface area contributed by atoms with Gasteiger partial charge in [0.25, 0.3) is 0 Å². The van der Waals surface area contributed by atoms with Crippen molar-refractivity contribution >= 4 is 5.82 Å². The number of rotatable bonds is 6. The van der Waals surface area contributed by atoms with Gasteiger partial charge in [-0.05, 0) is 31.9 Å². The average molecular weight is 235 g/mol. The molecule has 3 heteroatoms. The van der Waals surface area contributed by atoms with Crippen molar-refractivity contribution < 1.29 is 0 Å². The Labute approximate surface area is 105 Å². The van der Waals surface area contributed by atoms with Gasteiger partial charge >= 0.3 is 0 Å². The van der Waals surface area contributed by atoms with E-state index in [4.69, 9.17) is 0 Å². The first kappa shape index (κ1) is 14.0. The monoisotopic (exact) mass is 235 g/mol. The molecule has 1 heterocycles. The molecule has 0 amide bonds. The normalized spacial score (nSPS) is 11.5. The topological polar surface area (TPSA) is 28.2 Å². The quantitative estimate of drug-likeness (QED) is 0.821. The van der Waals surface area contributed by atoms with Crippen molar-refractivity contribution in [3.05, 3.63) is 23.9 Å². The van der Waals surface area contributed by atoms with Gasteiger partial charge in [0.15, 0.2) is 0 Å². The summed E-state index contributed by atoms with van der Waals surface area (Å²) >= 11 is 0. The van der Waals surface area contributed by atoms with Crippen LogP contribution in [0, 0.1) is 5.92 Å². The zero-order valence-corrected chi connectivity index (χ0v) is 11.7. The highest BCUT2D eigenvalue weighted by atomic mass is 15.2. The van der Waals surface area contributed by atoms with E-state index in [0.717, 1.165) is 24.6 Å². The molecule has 0 aliphatic heterocycles. The Morgan fingerprint density at radius 2 is 1.94 bits per heavy atom. The van der Waals surface area contributed by atoms with Crippen LogP contribution in [-0.4, -0.2) is 29.5 Å². The highest BCUT2D eigenvalue weighted by Gasteiger charge is 2.12. The van der Waals surface area contributed by atoms with Crippen LogP contribution in [0.25, 0.3) is 0 Å². The van der Waals surface area contributed by atoms with Crippen molar-refractivity contribution in [1.82, 2.24) is 9.88 Å². The van der Waals surface area contributed by atoms with Gasteiger partial charge in [0.2, 0.25) is 0 Å². The summed E-state index contributed by atoms with van der Waals surface area (Å²) < 4.78 is 0. The number of nitrogens with zero attached hydrogens (tertiary/aromatic N) is 2. The first-order valence-corrected chi connectivity index (χ1v) is 6.40. The lowest BCUT2D eigenvalue weighted by Crippen LogP contribution is -2.33. The van der Waals surface area contributed by atoms with Gasteiger partial charge in [-0.25, -0.2) is 4.98 Å². The molecule has 17 heavy (non-hydrogen) atoms. The first-order valence-electron chi connectivity index (χ1n) is 6.40. The summed E-state index contributed by atoms with van der Waals surface area (Å²) in [5.74, 6) is 1.63. The van der Waals surface area contributed by atoms with Crippen LogP contribution in [0.2, 0.25) is 0 Å². The van der Waals surface area contributed by atoms with Gasteiger partial charge in [0, 0.05) is 26.2 Å². The van der Waals surface area contributed by atoms with Crippen LogP contribution < -0.4 is 5.32 Å². The molecule has 0 unspecified atom stereocenters. The fraction of sp³-hybridized carbons (Fsp3) is 0.643. The van der Waals surface area contributed by atoms with Gasteiger partial charge in [-0.1, -0.05) is 19.9 Å². The lowest BCUT2D eigenvalue weighted by atomic mass is 10.1. The Kier molecular flexibility index (Phi) is 5.42. The Bertz CT molecular complexity index is 334. The molecule has 1 aromatic rings. The molecule has 0 atom stereocenters. The smallest absolute Gasteiger partial charge is 0.126 e. The zero-order chi connectivity index (χ0) is 12.8. The summed E-state index contributed by atoms with van der Waals surface area (Å²) in [5.41, 5.74) is 1.13. The molecule has 1 N–H and O–H groups in total. The van der Waals surface area contributed by atoms with Crippen molar-refractivity contribution in [2.24, 2.45) is 5.92 Å². The Hall–Kier alpha value is -1.09. The molecular formula is C14H25N3. The van der Waals surface area contributed by atoms with Crippen LogP contribution >= 0.6 is 0 Å². The maximum atomic E-state index is 4.57. The van der Waals surface area contributed by atoms with E-state index >= 15 is 0 Å². The molecule has 0 bridgehead atoms. The van der Waals surface area contributed by atoms with Crippen molar-refractivity contribution in [3.8, 4) is 0 Å². The number of hydrogen-bond acceptors (Lipinski definition) is 3. The molecule has 0 aliphatic carbocycles. The molecule has 1 aromatic heterocycles.